The Morgan fingerprint density at radius 1 is 0.969 bits per heavy atom. The first-order valence-corrected chi connectivity index (χ1v) is 11.7. The van der Waals surface area contributed by atoms with Crippen molar-refractivity contribution < 1.29 is 23.8 Å². The van der Waals surface area contributed by atoms with Crippen LogP contribution in [0.4, 0.5) is 9.59 Å². The normalized spacial score (nSPS) is 21.8. The van der Waals surface area contributed by atoms with E-state index in [2.05, 4.69) is 13.8 Å². The van der Waals surface area contributed by atoms with Gasteiger partial charge >= 0.3 is 12.2 Å². The van der Waals surface area contributed by atoms with Crippen LogP contribution in [0.1, 0.15) is 65.9 Å². The quantitative estimate of drug-likeness (QED) is 0.652. The fraction of sp³-hybridized carbons (Fsp3) is 0.680. The molecule has 2 saturated heterocycles. The molecule has 0 radical (unpaired) electrons. The van der Waals surface area contributed by atoms with Crippen LogP contribution in [0.5, 0.6) is 0 Å². The van der Waals surface area contributed by atoms with Crippen molar-refractivity contribution in [2.24, 2.45) is 0 Å². The molecule has 1 aromatic rings. The Bertz CT molecular complexity index is 766. The lowest BCUT2D eigenvalue weighted by Gasteiger charge is -2.46. The van der Waals surface area contributed by atoms with Crippen LogP contribution < -0.4 is 0 Å². The third kappa shape index (κ3) is 6.86. The number of piperidine rings is 2. The van der Waals surface area contributed by atoms with Gasteiger partial charge < -0.3 is 24.0 Å². The molecule has 178 valence electrons. The number of benzene rings is 1. The van der Waals surface area contributed by atoms with Crippen molar-refractivity contribution >= 4 is 12.2 Å². The summed E-state index contributed by atoms with van der Waals surface area (Å²) in [5.41, 5.74) is 0.156. The maximum Gasteiger partial charge on any atom is 0.410 e. The molecule has 0 bridgehead atoms. The third-order valence-electron chi connectivity index (χ3n) is 6.04. The Kier molecular flexibility index (Phi) is 7.70. The highest BCUT2D eigenvalue weighted by Crippen LogP contribution is 2.32. The molecule has 0 saturated carbocycles. The van der Waals surface area contributed by atoms with Gasteiger partial charge in [-0.1, -0.05) is 30.3 Å². The Hall–Kier alpha value is -2.28. The number of rotatable bonds is 4. The highest BCUT2D eigenvalue weighted by molar-refractivity contribution is 5.69. The van der Waals surface area contributed by atoms with E-state index in [9.17, 15) is 9.59 Å². The lowest BCUT2D eigenvalue weighted by atomic mass is 9.88. The minimum absolute atomic E-state index is 0.102. The maximum absolute atomic E-state index is 12.6. The van der Waals surface area contributed by atoms with Gasteiger partial charge in [0.1, 0.15) is 12.2 Å². The number of nitrogens with zero attached hydrogens (tertiary/aromatic N) is 2. The van der Waals surface area contributed by atoms with Crippen molar-refractivity contribution in [2.45, 2.75) is 90.3 Å². The molecular formula is C25H38N2O5. The fourth-order valence-electron chi connectivity index (χ4n) is 4.37. The Labute approximate surface area is 192 Å². The number of carbonyl (C=O) groups is 2. The van der Waals surface area contributed by atoms with E-state index in [4.69, 9.17) is 14.2 Å². The summed E-state index contributed by atoms with van der Waals surface area (Å²) in [7, 11) is 0. The summed E-state index contributed by atoms with van der Waals surface area (Å²) < 4.78 is 17.4. The lowest BCUT2D eigenvalue weighted by Crippen LogP contribution is -2.56. The van der Waals surface area contributed by atoms with Crippen molar-refractivity contribution in [1.82, 2.24) is 9.80 Å². The maximum atomic E-state index is 12.6. The van der Waals surface area contributed by atoms with Gasteiger partial charge in [-0.25, -0.2) is 9.59 Å². The summed E-state index contributed by atoms with van der Waals surface area (Å²) >= 11 is 0. The molecule has 0 aliphatic carbocycles. The number of ether oxygens (including phenoxy) is 3. The molecule has 2 aliphatic rings. The van der Waals surface area contributed by atoms with E-state index in [1.807, 2.05) is 56.0 Å². The average molecular weight is 447 g/mol. The molecule has 7 nitrogen and oxygen atoms in total. The SMILES string of the molecule is CC(C)(C)OC(=O)N1CCC(OC2CCN(C(=O)OCc3ccccc3)CC2)CC1(C)C. The van der Waals surface area contributed by atoms with Crippen LogP contribution in [0.2, 0.25) is 0 Å². The van der Waals surface area contributed by atoms with E-state index in [1.165, 1.54) is 0 Å². The Morgan fingerprint density at radius 2 is 1.59 bits per heavy atom. The van der Waals surface area contributed by atoms with Crippen LogP contribution in [-0.4, -0.2) is 65.0 Å². The van der Waals surface area contributed by atoms with Crippen molar-refractivity contribution in [2.75, 3.05) is 19.6 Å². The molecule has 2 amide bonds. The number of hydrogen-bond acceptors (Lipinski definition) is 5. The van der Waals surface area contributed by atoms with Gasteiger partial charge in [-0.2, -0.15) is 0 Å². The molecule has 1 unspecified atom stereocenters. The van der Waals surface area contributed by atoms with E-state index in [-0.39, 0.29) is 29.9 Å². The number of hydrogen-bond donors (Lipinski definition) is 0. The van der Waals surface area contributed by atoms with Crippen molar-refractivity contribution in [3.8, 4) is 0 Å². The first-order chi connectivity index (χ1) is 15.0. The highest BCUT2D eigenvalue weighted by Gasteiger charge is 2.41. The molecule has 1 atom stereocenters. The molecule has 0 aromatic heterocycles. The highest BCUT2D eigenvalue weighted by atomic mass is 16.6. The number of amides is 2. The zero-order chi connectivity index (χ0) is 23.4. The average Bonchev–Trinajstić information content (AvgIpc) is 2.71. The van der Waals surface area contributed by atoms with E-state index in [1.54, 1.807) is 4.90 Å². The van der Waals surface area contributed by atoms with Gasteiger partial charge in [0, 0.05) is 25.2 Å². The third-order valence-corrected chi connectivity index (χ3v) is 6.04. The zero-order valence-electron chi connectivity index (χ0n) is 20.1. The van der Waals surface area contributed by atoms with Crippen molar-refractivity contribution in [3.05, 3.63) is 35.9 Å². The Balaban J connectivity index is 1.41. The Morgan fingerprint density at radius 3 is 2.19 bits per heavy atom. The number of likely N-dealkylation sites (tertiary alicyclic amines) is 2. The van der Waals surface area contributed by atoms with Gasteiger partial charge in [0.15, 0.2) is 0 Å². The summed E-state index contributed by atoms with van der Waals surface area (Å²) in [5.74, 6) is 0. The molecule has 32 heavy (non-hydrogen) atoms. The second kappa shape index (κ2) is 10.1. The van der Waals surface area contributed by atoms with Gasteiger partial charge in [-0.05, 0) is 65.9 Å². The second-order valence-corrected chi connectivity index (χ2v) is 10.4. The van der Waals surface area contributed by atoms with Crippen LogP contribution in [-0.2, 0) is 20.8 Å². The molecule has 0 N–H and O–H groups in total. The monoisotopic (exact) mass is 446 g/mol. The summed E-state index contributed by atoms with van der Waals surface area (Å²) in [6.45, 7) is 12.0. The molecule has 7 heteroatoms. The number of carbonyl (C=O) groups excluding carboxylic acids is 2. The minimum Gasteiger partial charge on any atom is -0.445 e. The van der Waals surface area contributed by atoms with E-state index in [0.717, 1.165) is 31.2 Å². The molecule has 3 rings (SSSR count). The molecular weight excluding hydrogens is 408 g/mol. The van der Waals surface area contributed by atoms with E-state index >= 15 is 0 Å². The standard InChI is InChI=1S/C25H38N2O5/c1-24(2,3)32-23(29)27-16-13-21(17-25(27,4)5)31-20-11-14-26(15-12-20)22(28)30-18-19-9-7-6-8-10-19/h6-10,20-21H,11-18H2,1-5H3. The summed E-state index contributed by atoms with van der Waals surface area (Å²) in [6, 6.07) is 9.71. The van der Waals surface area contributed by atoms with Crippen LogP contribution >= 0.6 is 0 Å². The van der Waals surface area contributed by atoms with E-state index in [0.29, 0.717) is 26.2 Å². The van der Waals surface area contributed by atoms with Crippen molar-refractivity contribution in [3.63, 3.8) is 0 Å². The van der Waals surface area contributed by atoms with Gasteiger partial charge in [0.2, 0.25) is 0 Å². The first kappa shape index (κ1) is 24.4. The summed E-state index contributed by atoms with van der Waals surface area (Å²) in [6.07, 6.45) is 2.86. The van der Waals surface area contributed by atoms with Crippen molar-refractivity contribution in [1.29, 1.82) is 0 Å². The fourth-order valence-corrected chi connectivity index (χ4v) is 4.37. The second-order valence-electron chi connectivity index (χ2n) is 10.4. The summed E-state index contributed by atoms with van der Waals surface area (Å²) in [4.78, 5) is 28.5. The molecule has 2 heterocycles. The van der Waals surface area contributed by atoms with Crippen LogP contribution in [0.3, 0.4) is 0 Å². The van der Waals surface area contributed by atoms with Crippen LogP contribution in [0, 0.1) is 0 Å². The zero-order valence-corrected chi connectivity index (χ0v) is 20.1. The van der Waals surface area contributed by atoms with Gasteiger partial charge in [0.05, 0.1) is 12.2 Å². The summed E-state index contributed by atoms with van der Waals surface area (Å²) in [5, 5.41) is 0. The topological polar surface area (TPSA) is 68.3 Å². The minimum atomic E-state index is -0.503. The molecule has 1 aromatic carbocycles. The van der Waals surface area contributed by atoms with E-state index < -0.39 is 5.60 Å². The first-order valence-electron chi connectivity index (χ1n) is 11.7. The molecule has 0 spiro atoms. The van der Waals surface area contributed by atoms with Crippen LogP contribution in [0.15, 0.2) is 30.3 Å². The predicted octanol–water partition coefficient (Wildman–Crippen LogP) is 4.98. The lowest BCUT2D eigenvalue weighted by molar-refractivity contribution is -0.0912. The largest absolute Gasteiger partial charge is 0.445 e. The molecule has 2 fully saturated rings. The van der Waals surface area contributed by atoms with Gasteiger partial charge in [0.25, 0.3) is 0 Å². The smallest absolute Gasteiger partial charge is 0.410 e. The van der Waals surface area contributed by atoms with Crippen LogP contribution in [0.25, 0.3) is 0 Å². The van der Waals surface area contributed by atoms with Gasteiger partial charge in [-0.15, -0.1) is 0 Å². The van der Waals surface area contributed by atoms with Gasteiger partial charge in [-0.3, -0.25) is 0 Å². The molecule has 2 aliphatic heterocycles. The predicted molar refractivity (Wildman–Crippen MR) is 122 cm³/mol.